The van der Waals surface area contributed by atoms with E-state index < -0.39 is 72.6 Å². The van der Waals surface area contributed by atoms with Gasteiger partial charge in [0.1, 0.15) is 12.2 Å². The van der Waals surface area contributed by atoms with E-state index in [9.17, 15) is 9.59 Å². The van der Waals surface area contributed by atoms with Crippen molar-refractivity contribution < 1.29 is 59.9 Å². The summed E-state index contributed by atoms with van der Waals surface area (Å²) in [6, 6.07) is 0. The minimum atomic E-state index is -1.42. The van der Waals surface area contributed by atoms with Gasteiger partial charge in [0.15, 0.2) is 23.7 Å². The Labute approximate surface area is 171 Å². The first-order chi connectivity index (χ1) is 13.9. The van der Waals surface area contributed by atoms with Crippen LogP contribution in [0.1, 0.15) is 0 Å². The summed E-state index contributed by atoms with van der Waals surface area (Å²) in [7, 11) is 4.01. The van der Waals surface area contributed by atoms with Crippen LogP contribution in [0.2, 0.25) is 0 Å². The van der Waals surface area contributed by atoms with Crippen molar-refractivity contribution in [2.24, 2.45) is 5.73 Å². The van der Waals surface area contributed by atoms with Crippen molar-refractivity contribution in [1.82, 2.24) is 4.90 Å². The van der Waals surface area contributed by atoms with E-state index in [0.717, 1.165) is 13.1 Å². The average molecular weight is 440 g/mol. The van der Waals surface area contributed by atoms with Gasteiger partial charge >= 0.3 is 11.9 Å². The molecule has 0 amide bonds. The minimum absolute atomic E-state index is 0.671. The molecule has 14 nitrogen and oxygen atoms in total. The summed E-state index contributed by atoms with van der Waals surface area (Å²) in [5.41, 5.74) is 5.19. The van der Waals surface area contributed by atoms with E-state index in [4.69, 9.17) is 46.6 Å². The Balaban J connectivity index is 0.000000447. The van der Waals surface area contributed by atoms with Crippen molar-refractivity contribution in [3.05, 3.63) is 23.0 Å². The van der Waals surface area contributed by atoms with Gasteiger partial charge in [0.25, 0.3) is 0 Å². The van der Waals surface area contributed by atoms with E-state index in [0.29, 0.717) is 0 Å². The highest BCUT2D eigenvalue weighted by atomic mass is 16.6. The molecule has 0 saturated heterocycles. The van der Waals surface area contributed by atoms with Crippen LogP contribution < -0.4 is 5.73 Å². The summed E-state index contributed by atoms with van der Waals surface area (Å²) in [6.45, 7) is 0.400. The predicted molar refractivity (Wildman–Crippen MR) is 98.1 cm³/mol. The lowest BCUT2D eigenvalue weighted by molar-refractivity contribution is -0.148. The highest BCUT2D eigenvalue weighted by Gasteiger charge is 2.39. The number of carbonyl (C=O) groups excluding carboxylic acids is 2. The molecule has 0 aromatic carbocycles. The van der Waals surface area contributed by atoms with Gasteiger partial charge in [0, 0.05) is 13.1 Å². The molecule has 0 fully saturated rings. The van der Waals surface area contributed by atoms with E-state index in [2.05, 4.69) is 14.4 Å². The maximum atomic E-state index is 10.5. The fourth-order valence-corrected chi connectivity index (χ4v) is 1.90. The zero-order valence-electron chi connectivity index (χ0n) is 16.4. The molecule has 10 N–H and O–H groups in total. The smallest absolute Gasteiger partial charge is 0.377 e. The van der Waals surface area contributed by atoms with Crippen molar-refractivity contribution in [2.75, 3.05) is 40.4 Å². The number of cyclic esters (lactones) is 2. The molecule has 0 saturated carbocycles. The number of hydrogen-bond donors (Lipinski definition) is 9. The van der Waals surface area contributed by atoms with Gasteiger partial charge in [-0.3, -0.25) is 0 Å². The monoisotopic (exact) mass is 440 g/mol. The molecule has 14 heteroatoms. The summed E-state index contributed by atoms with van der Waals surface area (Å²) < 4.78 is 8.63. The molecule has 30 heavy (non-hydrogen) atoms. The van der Waals surface area contributed by atoms with Gasteiger partial charge in [-0.05, 0) is 14.1 Å². The molecule has 0 aromatic rings. The Hall–Kier alpha value is -2.62. The standard InChI is InChI=1S/2C6H8O6.C4H12N2/c2*7-1-2(8)5-3(9)4(10)6(11)12-5;1-6(2)4-3-5/h2*2,5,7-10H,1H2;3-5H2,1-2H3/t2*2-,5+;/m00./s1. The number of nitrogens with zero attached hydrogens (tertiary/aromatic N) is 1. The minimum Gasteiger partial charge on any atom is -0.505 e. The first kappa shape index (κ1) is 27.4. The maximum absolute atomic E-state index is 10.5. The Bertz CT molecular complexity index is 598. The zero-order valence-corrected chi connectivity index (χ0v) is 16.4. The van der Waals surface area contributed by atoms with Crippen molar-refractivity contribution in [3.63, 3.8) is 0 Å². The summed E-state index contributed by atoms with van der Waals surface area (Å²) in [5.74, 6) is -5.56. The summed E-state index contributed by atoms with van der Waals surface area (Å²) in [6.07, 6.45) is -5.55. The fraction of sp³-hybridized carbons (Fsp3) is 0.625. The molecule has 0 aliphatic carbocycles. The second kappa shape index (κ2) is 12.8. The molecule has 174 valence electrons. The van der Waals surface area contributed by atoms with E-state index >= 15 is 0 Å². The highest BCUT2D eigenvalue weighted by Crippen LogP contribution is 2.21. The lowest BCUT2D eigenvalue weighted by Gasteiger charge is -2.13. The molecule has 0 spiro atoms. The van der Waals surface area contributed by atoms with Gasteiger partial charge in [0.05, 0.1) is 13.2 Å². The Morgan fingerprint density at radius 1 is 0.867 bits per heavy atom. The maximum Gasteiger partial charge on any atom is 0.377 e. The number of aliphatic hydroxyl groups is 8. The van der Waals surface area contributed by atoms with Crippen LogP contribution in [-0.2, 0) is 19.1 Å². The second-order valence-corrected chi connectivity index (χ2v) is 6.21. The molecule has 0 bridgehead atoms. The van der Waals surface area contributed by atoms with E-state index in [1.54, 1.807) is 0 Å². The van der Waals surface area contributed by atoms with Crippen LogP contribution in [0.25, 0.3) is 0 Å². The summed E-state index contributed by atoms with van der Waals surface area (Å²) in [4.78, 5) is 23.1. The molecule has 2 aliphatic rings. The second-order valence-electron chi connectivity index (χ2n) is 6.21. The summed E-state index contributed by atoms with van der Waals surface area (Å²) in [5, 5.41) is 70.1. The number of aliphatic hydroxyl groups excluding tert-OH is 8. The molecule has 2 heterocycles. The predicted octanol–water partition coefficient (Wildman–Crippen LogP) is -3.31. The number of carbonyl (C=O) groups is 2. The normalized spacial score (nSPS) is 22.7. The number of ether oxygens (including phenoxy) is 2. The van der Waals surface area contributed by atoms with Crippen molar-refractivity contribution in [2.45, 2.75) is 24.4 Å². The number of nitrogens with two attached hydrogens (primary N) is 1. The molecule has 4 atom stereocenters. The SMILES string of the molecule is CN(C)CCN.O=C1O[C@H]([C@@H](O)CO)C(O)=C1O.O=C1O[C@H]([C@@H](O)CO)C(O)=C1O. The number of rotatable bonds is 6. The number of likely N-dealkylation sites (N-methyl/N-ethyl adjacent to an activating group) is 1. The molecular weight excluding hydrogens is 412 g/mol. The lowest BCUT2D eigenvalue weighted by Crippen LogP contribution is -2.31. The van der Waals surface area contributed by atoms with Crippen molar-refractivity contribution in [3.8, 4) is 0 Å². The summed E-state index contributed by atoms with van der Waals surface area (Å²) >= 11 is 0. The third-order valence-corrected chi connectivity index (χ3v) is 3.53. The number of esters is 2. The van der Waals surface area contributed by atoms with Crippen LogP contribution in [0.3, 0.4) is 0 Å². The van der Waals surface area contributed by atoms with Gasteiger partial charge in [-0.15, -0.1) is 0 Å². The van der Waals surface area contributed by atoms with Crippen molar-refractivity contribution in [1.29, 1.82) is 0 Å². The molecule has 2 aliphatic heterocycles. The lowest BCUT2D eigenvalue weighted by atomic mass is 10.2. The van der Waals surface area contributed by atoms with Crippen molar-refractivity contribution >= 4 is 11.9 Å². The van der Waals surface area contributed by atoms with Crippen LogP contribution in [0.4, 0.5) is 0 Å². The average Bonchev–Trinajstić information content (AvgIpc) is 3.12. The van der Waals surface area contributed by atoms with Crippen LogP contribution in [0.15, 0.2) is 23.0 Å². The Morgan fingerprint density at radius 3 is 1.33 bits per heavy atom. The van der Waals surface area contributed by atoms with Crippen LogP contribution in [0, 0.1) is 0 Å². The van der Waals surface area contributed by atoms with Gasteiger partial charge in [0.2, 0.25) is 11.5 Å². The largest absolute Gasteiger partial charge is 0.505 e. The van der Waals surface area contributed by atoms with E-state index in [1.165, 1.54) is 0 Å². The Kier molecular flexibility index (Phi) is 11.7. The molecular formula is C16H28N2O12. The van der Waals surface area contributed by atoms with Gasteiger partial charge < -0.3 is 61.0 Å². The van der Waals surface area contributed by atoms with Crippen LogP contribution in [-0.4, -0.2) is 123 Å². The molecule has 0 unspecified atom stereocenters. The first-order valence-electron chi connectivity index (χ1n) is 8.51. The Morgan fingerprint density at radius 2 is 1.20 bits per heavy atom. The first-order valence-corrected chi connectivity index (χ1v) is 8.51. The third kappa shape index (κ3) is 7.66. The number of hydrogen-bond acceptors (Lipinski definition) is 14. The van der Waals surface area contributed by atoms with Crippen LogP contribution >= 0.6 is 0 Å². The van der Waals surface area contributed by atoms with Gasteiger partial charge in [-0.1, -0.05) is 0 Å². The molecule has 0 aromatic heterocycles. The molecule has 0 radical (unpaired) electrons. The topological polar surface area (TPSA) is 244 Å². The van der Waals surface area contributed by atoms with E-state index in [-0.39, 0.29) is 0 Å². The fourth-order valence-electron chi connectivity index (χ4n) is 1.90. The quantitative estimate of drug-likeness (QED) is 0.184. The van der Waals surface area contributed by atoms with Crippen LogP contribution in [0.5, 0.6) is 0 Å². The van der Waals surface area contributed by atoms with E-state index in [1.807, 2.05) is 14.1 Å². The third-order valence-electron chi connectivity index (χ3n) is 3.53. The highest BCUT2D eigenvalue weighted by molar-refractivity contribution is 5.89. The molecule has 2 rings (SSSR count). The zero-order chi connectivity index (χ0) is 23.6. The van der Waals surface area contributed by atoms with Gasteiger partial charge in [-0.25, -0.2) is 9.59 Å². The van der Waals surface area contributed by atoms with Gasteiger partial charge in [-0.2, -0.15) is 0 Å².